The lowest BCUT2D eigenvalue weighted by Crippen LogP contribution is -1.97. The molecule has 0 amide bonds. The van der Waals surface area contributed by atoms with Crippen LogP contribution in [0.3, 0.4) is 0 Å². The molecule has 1 aromatic carbocycles. The molecule has 3 aromatic rings. The maximum absolute atomic E-state index is 6.09. The molecule has 2 heterocycles. The number of aromatic nitrogens is 3. The zero-order valence-corrected chi connectivity index (χ0v) is 10.3. The van der Waals surface area contributed by atoms with Crippen LogP contribution in [0.5, 0.6) is 0 Å². The van der Waals surface area contributed by atoms with Gasteiger partial charge in [0.05, 0.1) is 10.5 Å². The predicted molar refractivity (Wildman–Crippen MR) is 72.2 cm³/mol. The summed E-state index contributed by atoms with van der Waals surface area (Å²) < 4.78 is 0. The van der Waals surface area contributed by atoms with E-state index in [1.54, 1.807) is 6.20 Å². The highest BCUT2D eigenvalue weighted by molar-refractivity contribution is 6.34. The van der Waals surface area contributed by atoms with Crippen LogP contribution in [-0.4, -0.2) is 15.0 Å². The van der Waals surface area contributed by atoms with E-state index in [0.717, 1.165) is 22.3 Å². The van der Waals surface area contributed by atoms with Crippen LogP contribution in [0.1, 0.15) is 5.56 Å². The highest BCUT2D eigenvalue weighted by atomic mass is 35.5. The van der Waals surface area contributed by atoms with Gasteiger partial charge in [0.2, 0.25) is 0 Å². The SMILES string of the molecule is NCc1ccc(-c2nc3c(Cl)cccc3[nH]2)nc1. The number of nitrogens with one attached hydrogen (secondary N) is 1. The first-order chi connectivity index (χ1) is 8.78. The fourth-order valence-corrected chi connectivity index (χ4v) is 2.02. The van der Waals surface area contributed by atoms with E-state index in [9.17, 15) is 0 Å². The number of fused-ring (bicyclic) bond motifs is 1. The fourth-order valence-electron chi connectivity index (χ4n) is 1.80. The number of benzene rings is 1. The molecule has 0 bridgehead atoms. The lowest BCUT2D eigenvalue weighted by molar-refractivity contribution is 1.05. The summed E-state index contributed by atoms with van der Waals surface area (Å²) in [5.41, 5.74) is 8.98. The Morgan fingerprint density at radius 1 is 1.22 bits per heavy atom. The number of nitrogens with zero attached hydrogens (tertiary/aromatic N) is 2. The lowest BCUT2D eigenvalue weighted by Gasteiger charge is -1.97. The molecule has 18 heavy (non-hydrogen) atoms. The predicted octanol–water partition coefficient (Wildman–Crippen LogP) is 2.74. The molecule has 0 aliphatic rings. The van der Waals surface area contributed by atoms with Crippen molar-refractivity contribution in [2.45, 2.75) is 6.54 Å². The number of para-hydroxylation sites is 1. The third-order valence-electron chi connectivity index (χ3n) is 2.77. The Balaban J connectivity index is 2.10. The van der Waals surface area contributed by atoms with E-state index >= 15 is 0 Å². The molecule has 0 aliphatic heterocycles. The molecular formula is C13H11ClN4. The Labute approximate surface area is 109 Å². The van der Waals surface area contributed by atoms with Gasteiger partial charge in [-0.3, -0.25) is 4.98 Å². The van der Waals surface area contributed by atoms with Gasteiger partial charge in [-0.1, -0.05) is 23.7 Å². The van der Waals surface area contributed by atoms with Gasteiger partial charge in [-0.05, 0) is 23.8 Å². The topological polar surface area (TPSA) is 67.6 Å². The summed E-state index contributed by atoms with van der Waals surface area (Å²) >= 11 is 6.09. The van der Waals surface area contributed by atoms with Crippen LogP contribution in [0.15, 0.2) is 36.5 Å². The van der Waals surface area contributed by atoms with Gasteiger partial charge in [0.1, 0.15) is 11.2 Å². The molecule has 0 atom stereocenters. The number of imidazole rings is 1. The zero-order valence-electron chi connectivity index (χ0n) is 9.52. The molecule has 0 unspecified atom stereocenters. The van der Waals surface area contributed by atoms with Gasteiger partial charge in [0.15, 0.2) is 5.82 Å². The highest BCUT2D eigenvalue weighted by Gasteiger charge is 2.08. The normalized spacial score (nSPS) is 11.0. The van der Waals surface area contributed by atoms with Crippen LogP contribution < -0.4 is 5.73 Å². The second-order valence-corrected chi connectivity index (χ2v) is 4.38. The van der Waals surface area contributed by atoms with Gasteiger partial charge in [-0.15, -0.1) is 0 Å². The van der Waals surface area contributed by atoms with Gasteiger partial charge >= 0.3 is 0 Å². The Kier molecular flexibility index (Phi) is 2.74. The minimum Gasteiger partial charge on any atom is -0.337 e. The maximum atomic E-state index is 6.09. The molecule has 4 nitrogen and oxygen atoms in total. The van der Waals surface area contributed by atoms with E-state index in [0.29, 0.717) is 17.4 Å². The van der Waals surface area contributed by atoms with Crippen molar-refractivity contribution in [2.75, 3.05) is 0 Å². The second-order valence-electron chi connectivity index (χ2n) is 3.98. The average Bonchev–Trinajstić information content (AvgIpc) is 2.84. The standard InChI is InChI=1S/C13H11ClN4/c14-9-2-1-3-10-12(9)18-13(17-10)11-5-4-8(6-15)7-16-11/h1-5,7H,6,15H2,(H,17,18). The third kappa shape index (κ3) is 1.85. The first-order valence-electron chi connectivity index (χ1n) is 5.57. The van der Waals surface area contributed by atoms with Gasteiger partial charge in [0, 0.05) is 12.7 Å². The van der Waals surface area contributed by atoms with E-state index in [1.165, 1.54) is 0 Å². The van der Waals surface area contributed by atoms with Gasteiger partial charge < -0.3 is 10.7 Å². The first-order valence-corrected chi connectivity index (χ1v) is 5.95. The van der Waals surface area contributed by atoms with Crippen LogP contribution in [-0.2, 0) is 6.54 Å². The molecule has 90 valence electrons. The fraction of sp³-hybridized carbons (Fsp3) is 0.0769. The minimum atomic E-state index is 0.485. The summed E-state index contributed by atoms with van der Waals surface area (Å²) in [6, 6.07) is 9.48. The smallest absolute Gasteiger partial charge is 0.157 e. The molecule has 0 fully saturated rings. The number of pyridine rings is 1. The summed E-state index contributed by atoms with van der Waals surface area (Å²) in [5, 5.41) is 0.633. The van der Waals surface area contributed by atoms with Crippen LogP contribution in [0.2, 0.25) is 5.02 Å². The number of H-pyrrole nitrogens is 1. The maximum Gasteiger partial charge on any atom is 0.157 e. The number of aromatic amines is 1. The van der Waals surface area contributed by atoms with Crippen molar-refractivity contribution >= 4 is 22.6 Å². The van der Waals surface area contributed by atoms with Crippen molar-refractivity contribution in [3.05, 3.63) is 47.1 Å². The summed E-state index contributed by atoms with van der Waals surface area (Å²) in [7, 11) is 0. The van der Waals surface area contributed by atoms with E-state index in [2.05, 4.69) is 15.0 Å². The molecule has 2 aromatic heterocycles. The summed E-state index contributed by atoms with van der Waals surface area (Å²) in [5.74, 6) is 0.710. The molecular weight excluding hydrogens is 248 g/mol. The quantitative estimate of drug-likeness (QED) is 0.743. The Morgan fingerprint density at radius 3 is 2.78 bits per heavy atom. The van der Waals surface area contributed by atoms with E-state index in [-0.39, 0.29) is 0 Å². The number of halogens is 1. The third-order valence-corrected chi connectivity index (χ3v) is 3.07. The van der Waals surface area contributed by atoms with Crippen molar-refractivity contribution in [1.82, 2.24) is 15.0 Å². The van der Waals surface area contributed by atoms with Crippen molar-refractivity contribution in [3.8, 4) is 11.5 Å². The molecule has 0 spiro atoms. The molecule has 0 saturated carbocycles. The number of rotatable bonds is 2. The van der Waals surface area contributed by atoms with Crippen molar-refractivity contribution < 1.29 is 0 Å². The second kappa shape index (κ2) is 4.40. The molecule has 3 rings (SSSR count). The lowest BCUT2D eigenvalue weighted by atomic mass is 10.2. The van der Waals surface area contributed by atoms with Crippen LogP contribution in [0.25, 0.3) is 22.6 Å². The zero-order chi connectivity index (χ0) is 12.5. The van der Waals surface area contributed by atoms with Crippen molar-refractivity contribution in [1.29, 1.82) is 0 Å². The van der Waals surface area contributed by atoms with E-state index in [4.69, 9.17) is 17.3 Å². The summed E-state index contributed by atoms with van der Waals surface area (Å²) in [6.45, 7) is 0.485. The van der Waals surface area contributed by atoms with Crippen molar-refractivity contribution in [3.63, 3.8) is 0 Å². The molecule has 0 saturated heterocycles. The highest BCUT2D eigenvalue weighted by Crippen LogP contribution is 2.24. The van der Waals surface area contributed by atoms with Crippen molar-refractivity contribution in [2.24, 2.45) is 5.73 Å². The van der Waals surface area contributed by atoms with E-state index < -0.39 is 0 Å². The molecule has 0 aliphatic carbocycles. The Bertz CT molecular complexity index is 688. The Hall–Kier alpha value is -1.91. The number of hydrogen-bond donors (Lipinski definition) is 2. The average molecular weight is 259 g/mol. The van der Waals surface area contributed by atoms with Crippen LogP contribution >= 0.6 is 11.6 Å². The van der Waals surface area contributed by atoms with Gasteiger partial charge in [-0.25, -0.2) is 4.98 Å². The first kappa shape index (κ1) is 11.2. The van der Waals surface area contributed by atoms with Gasteiger partial charge in [-0.2, -0.15) is 0 Å². The Morgan fingerprint density at radius 2 is 2.11 bits per heavy atom. The van der Waals surface area contributed by atoms with E-state index in [1.807, 2.05) is 30.3 Å². The minimum absolute atomic E-state index is 0.485. The monoisotopic (exact) mass is 258 g/mol. The largest absolute Gasteiger partial charge is 0.337 e. The van der Waals surface area contributed by atoms with Gasteiger partial charge in [0.25, 0.3) is 0 Å². The molecule has 0 radical (unpaired) electrons. The summed E-state index contributed by atoms with van der Waals surface area (Å²) in [6.07, 6.45) is 1.75. The number of nitrogens with two attached hydrogens (primary N) is 1. The van der Waals surface area contributed by atoms with Crippen LogP contribution in [0, 0.1) is 0 Å². The van der Waals surface area contributed by atoms with Crippen LogP contribution in [0.4, 0.5) is 0 Å². The number of hydrogen-bond acceptors (Lipinski definition) is 3. The summed E-state index contributed by atoms with van der Waals surface area (Å²) in [4.78, 5) is 12.0. The molecule has 5 heteroatoms. The molecule has 3 N–H and O–H groups in total.